The molecule has 0 aliphatic heterocycles. The normalized spacial score (nSPS) is 13.6. The molecule has 2 unspecified atom stereocenters. The molecule has 192 valence electrons. The molecule has 0 spiro atoms. The smallest absolute Gasteiger partial charge is 0.143 e. The molecule has 2 atom stereocenters. The average molecular weight is 488 g/mol. The molecule has 0 heterocycles. The maximum absolute atomic E-state index is 10.7. The summed E-state index contributed by atoms with van der Waals surface area (Å²) in [5, 5.41) is 13.9. The van der Waals surface area contributed by atoms with Gasteiger partial charge in [0.15, 0.2) is 0 Å². The van der Waals surface area contributed by atoms with E-state index in [0.29, 0.717) is 13.0 Å². The van der Waals surface area contributed by atoms with Crippen LogP contribution < -0.4 is 10.1 Å². The lowest BCUT2D eigenvalue weighted by atomic mass is 9.79. The van der Waals surface area contributed by atoms with E-state index < -0.39 is 5.60 Å². The van der Waals surface area contributed by atoms with Crippen LogP contribution in [0.25, 0.3) is 0 Å². The minimum atomic E-state index is -0.796. The van der Waals surface area contributed by atoms with Crippen molar-refractivity contribution in [2.24, 2.45) is 0 Å². The van der Waals surface area contributed by atoms with Gasteiger partial charge >= 0.3 is 0 Å². The van der Waals surface area contributed by atoms with Gasteiger partial charge in [-0.3, -0.25) is 0 Å². The highest BCUT2D eigenvalue weighted by Gasteiger charge is 2.37. The summed E-state index contributed by atoms with van der Waals surface area (Å²) in [7, 11) is 1.67. The predicted molar refractivity (Wildman–Crippen MR) is 148 cm³/mol. The Balaban J connectivity index is 1.79. The van der Waals surface area contributed by atoms with Crippen molar-refractivity contribution in [3.63, 3.8) is 0 Å². The zero-order valence-corrected chi connectivity index (χ0v) is 22.0. The van der Waals surface area contributed by atoms with E-state index in [9.17, 15) is 5.11 Å². The van der Waals surface area contributed by atoms with Crippen molar-refractivity contribution >= 4 is 0 Å². The third-order valence-electron chi connectivity index (χ3n) is 6.55. The van der Waals surface area contributed by atoms with E-state index >= 15 is 0 Å². The number of allylic oxidation sites excluding steroid dienone is 1. The van der Waals surface area contributed by atoms with Crippen LogP contribution in [0.15, 0.2) is 91.1 Å². The largest absolute Gasteiger partial charge is 0.497 e. The van der Waals surface area contributed by atoms with Crippen molar-refractivity contribution in [2.45, 2.75) is 57.7 Å². The van der Waals surface area contributed by atoms with E-state index in [1.165, 1.54) is 5.56 Å². The van der Waals surface area contributed by atoms with Crippen molar-refractivity contribution in [3.05, 3.63) is 113 Å². The van der Waals surface area contributed by atoms with Crippen LogP contribution in [0.5, 0.6) is 5.75 Å². The topological polar surface area (TPSA) is 50.7 Å². The SMILES string of the molecule is C=C(C)NCCCCCC(O)CCOC(c1ccccc1)(c1ccc(C)cc1)c1ccc(OC)cc1. The molecule has 3 aromatic rings. The number of aliphatic hydroxyl groups excluding tert-OH is 1. The zero-order valence-electron chi connectivity index (χ0n) is 22.0. The van der Waals surface area contributed by atoms with Gasteiger partial charge in [-0.15, -0.1) is 0 Å². The Hall–Kier alpha value is -3.08. The first-order valence-corrected chi connectivity index (χ1v) is 12.9. The summed E-state index contributed by atoms with van der Waals surface area (Å²) in [4.78, 5) is 0. The van der Waals surface area contributed by atoms with Crippen LogP contribution in [0.3, 0.4) is 0 Å². The quantitative estimate of drug-likeness (QED) is 0.184. The van der Waals surface area contributed by atoms with Gasteiger partial charge in [0.2, 0.25) is 0 Å². The van der Waals surface area contributed by atoms with Gasteiger partial charge in [-0.1, -0.05) is 91.7 Å². The molecule has 0 amide bonds. The van der Waals surface area contributed by atoms with Crippen LogP contribution in [0.1, 0.15) is 61.3 Å². The molecule has 3 rings (SSSR count). The van der Waals surface area contributed by atoms with Crippen molar-refractivity contribution in [3.8, 4) is 5.75 Å². The van der Waals surface area contributed by atoms with Gasteiger partial charge in [0.25, 0.3) is 0 Å². The molecular weight excluding hydrogens is 446 g/mol. The second-order valence-corrected chi connectivity index (χ2v) is 9.49. The number of methoxy groups -OCH3 is 1. The average Bonchev–Trinajstić information content (AvgIpc) is 2.90. The Kier molecular flexibility index (Phi) is 10.6. The van der Waals surface area contributed by atoms with Gasteiger partial charge in [-0.25, -0.2) is 0 Å². The summed E-state index contributed by atoms with van der Waals surface area (Å²) in [5.41, 5.74) is 4.54. The molecule has 0 saturated heterocycles. The molecule has 4 heteroatoms. The number of benzene rings is 3. The number of hydrogen-bond donors (Lipinski definition) is 2. The standard InChI is InChI=1S/C32H41NO3/c1-25(2)33-23-10-6-9-13-30(34)22-24-36-32(27-11-7-5-8-12-27,28-16-14-26(3)15-17-28)29-18-20-31(35-4)21-19-29/h5,7-8,11-12,14-21,30,33-34H,1,6,9-10,13,22-24H2,2-4H3. The van der Waals surface area contributed by atoms with Gasteiger partial charge in [0, 0.05) is 12.2 Å². The fourth-order valence-corrected chi connectivity index (χ4v) is 4.51. The van der Waals surface area contributed by atoms with Gasteiger partial charge in [-0.05, 0) is 61.9 Å². The molecular formula is C32H41NO3. The number of unbranched alkanes of at least 4 members (excludes halogenated alkanes) is 2. The van der Waals surface area contributed by atoms with E-state index in [1.807, 2.05) is 37.3 Å². The van der Waals surface area contributed by atoms with E-state index in [2.05, 4.69) is 67.4 Å². The molecule has 0 saturated carbocycles. The molecule has 0 aliphatic rings. The van der Waals surface area contributed by atoms with Gasteiger partial charge in [0.05, 0.1) is 19.8 Å². The third kappa shape index (κ3) is 7.46. The summed E-state index contributed by atoms with van der Waals surface area (Å²) in [6, 6.07) is 26.9. The summed E-state index contributed by atoms with van der Waals surface area (Å²) >= 11 is 0. The number of hydrogen-bond acceptors (Lipinski definition) is 4. The lowest BCUT2D eigenvalue weighted by Crippen LogP contribution is -2.34. The fourth-order valence-electron chi connectivity index (χ4n) is 4.51. The molecule has 0 fully saturated rings. The van der Waals surface area contributed by atoms with Gasteiger partial charge in [0.1, 0.15) is 11.4 Å². The second-order valence-electron chi connectivity index (χ2n) is 9.49. The molecule has 4 nitrogen and oxygen atoms in total. The van der Waals surface area contributed by atoms with Crippen LogP contribution in [0.2, 0.25) is 0 Å². The summed E-state index contributed by atoms with van der Waals surface area (Å²) in [5.74, 6) is 0.804. The van der Waals surface area contributed by atoms with Crippen molar-refractivity contribution in [2.75, 3.05) is 20.3 Å². The first-order chi connectivity index (χ1) is 17.5. The first-order valence-electron chi connectivity index (χ1n) is 12.9. The van der Waals surface area contributed by atoms with E-state index in [1.54, 1.807) is 7.11 Å². The lowest BCUT2D eigenvalue weighted by molar-refractivity contribution is -0.00662. The van der Waals surface area contributed by atoms with Crippen LogP contribution in [-0.2, 0) is 10.3 Å². The third-order valence-corrected chi connectivity index (χ3v) is 6.55. The monoisotopic (exact) mass is 487 g/mol. The van der Waals surface area contributed by atoms with E-state index in [4.69, 9.17) is 9.47 Å². The summed E-state index contributed by atoms with van der Waals surface area (Å²) in [6.45, 7) is 9.30. The number of aliphatic hydroxyl groups is 1. The van der Waals surface area contributed by atoms with Crippen LogP contribution in [-0.4, -0.2) is 31.5 Å². The molecule has 0 bridgehead atoms. The molecule has 2 N–H and O–H groups in total. The molecule has 0 aliphatic carbocycles. The van der Waals surface area contributed by atoms with Crippen LogP contribution in [0, 0.1) is 6.92 Å². The fraction of sp³-hybridized carbons (Fsp3) is 0.375. The van der Waals surface area contributed by atoms with Crippen LogP contribution >= 0.6 is 0 Å². The Morgan fingerprint density at radius 2 is 1.47 bits per heavy atom. The first kappa shape index (κ1) is 27.5. The Morgan fingerprint density at radius 3 is 2.08 bits per heavy atom. The number of ether oxygens (including phenoxy) is 2. The number of nitrogens with one attached hydrogen (secondary N) is 1. The Morgan fingerprint density at radius 1 is 0.861 bits per heavy atom. The maximum atomic E-state index is 10.7. The highest BCUT2D eigenvalue weighted by Crippen LogP contribution is 2.41. The summed E-state index contributed by atoms with van der Waals surface area (Å²) < 4.78 is 12.2. The van der Waals surface area contributed by atoms with Crippen molar-refractivity contribution in [1.82, 2.24) is 5.32 Å². The number of rotatable bonds is 15. The highest BCUT2D eigenvalue weighted by atomic mass is 16.5. The maximum Gasteiger partial charge on any atom is 0.143 e. The molecule has 36 heavy (non-hydrogen) atoms. The Bertz CT molecular complexity index is 1050. The minimum absolute atomic E-state index is 0.388. The summed E-state index contributed by atoms with van der Waals surface area (Å²) in [6.07, 6.45) is 4.14. The zero-order chi connectivity index (χ0) is 25.8. The van der Waals surface area contributed by atoms with Crippen LogP contribution in [0.4, 0.5) is 0 Å². The minimum Gasteiger partial charge on any atom is -0.497 e. The molecule has 0 radical (unpaired) electrons. The predicted octanol–water partition coefficient (Wildman–Crippen LogP) is 6.75. The Labute approximate surface area is 217 Å². The van der Waals surface area contributed by atoms with E-state index in [0.717, 1.165) is 60.4 Å². The molecule has 3 aromatic carbocycles. The van der Waals surface area contributed by atoms with Crippen molar-refractivity contribution in [1.29, 1.82) is 0 Å². The van der Waals surface area contributed by atoms with Crippen molar-refractivity contribution < 1.29 is 14.6 Å². The van der Waals surface area contributed by atoms with Gasteiger partial charge in [-0.2, -0.15) is 0 Å². The van der Waals surface area contributed by atoms with E-state index in [-0.39, 0.29) is 6.10 Å². The molecule has 0 aromatic heterocycles. The van der Waals surface area contributed by atoms with Gasteiger partial charge < -0.3 is 19.9 Å². The number of aryl methyl sites for hydroxylation is 1. The second kappa shape index (κ2) is 13.9. The highest BCUT2D eigenvalue weighted by molar-refractivity contribution is 5.49. The lowest BCUT2D eigenvalue weighted by Gasteiger charge is -2.36.